The lowest BCUT2D eigenvalue weighted by molar-refractivity contribution is -0.273. The molecule has 4 unspecified atom stereocenters. The van der Waals surface area contributed by atoms with Gasteiger partial charge >= 0.3 is 0 Å². The Kier molecular flexibility index (Phi) is 5.26. The van der Waals surface area contributed by atoms with Crippen molar-refractivity contribution in [1.29, 1.82) is 21.2 Å². The smallest absolute Gasteiger partial charge is 0.214 e. The van der Waals surface area contributed by atoms with Crippen LogP contribution >= 0.6 is 0 Å². The summed E-state index contributed by atoms with van der Waals surface area (Å²) in [7, 11) is 0. The molecule has 2 aliphatic rings. The molecule has 1 N–H and O–H groups in total. The van der Waals surface area contributed by atoms with E-state index in [1.54, 1.807) is 31.2 Å². The van der Waals surface area contributed by atoms with Crippen LogP contribution in [0.1, 0.15) is 51.7 Å². The van der Waals surface area contributed by atoms with Gasteiger partial charge < -0.3 is 14.2 Å². The molecule has 2 saturated heterocycles. The molecule has 0 amide bonds. The van der Waals surface area contributed by atoms with Crippen molar-refractivity contribution in [2.45, 2.75) is 51.9 Å². The van der Waals surface area contributed by atoms with Crippen LogP contribution < -0.4 is 4.74 Å². The van der Waals surface area contributed by atoms with Crippen molar-refractivity contribution in [2.24, 2.45) is 16.7 Å². The maximum Gasteiger partial charge on any atom is 0.214 e. The molecule has 7 nitrogen and oxygen atoms in total. The Labute approximate surface area is 170 Å². The van der Waals surface area contributed by atoms with Gasteiger partial charge in [0, 0.05) is 6.92 Å². The topological polar surface area (TPSA) is 123 Å². The number of nitrogens with zero attached hydrogens (tertiary/aromatic N) is 3. The number of hydrogen-bond acceptors (Lipinski definition) is 7. The highest BCUT2D eigenvalue weighted by atomic mass is 16.7. The van der Waals surface area contributed by atoms with Crippen molar-refractivity contribution >= 4 is 5.90 Å². The number of ether oxygens (including phenoxy) is 3. The van der Waals surface area contributed by atoms with E-state index in [1.807, 2.05) is 13.8 Å². The first-order chi connectivity index (χ1) is 13.9. The molecule has 29 heavy (non-hydrogen) atoms. The van der Waals surface area contributed by atoms with Gasteiger partial charge in [-0.15, -0.1) is 0 Å². The molecule has 1 aromatic carbocycles. The van der Waals surface area contributed by atoms with Crippen LogP contribution in [0.4, 0.5) is 0 Å². The summed E-state index contributed by atoms with van der Waals surface area (Å²) in [5, 5.41) is 39.0. The van der Waals surface area contributed by atoms with Gasteiger partial charge in [0.25, 0.3) is 0 Å². The van der Waals surface area contributed by atoms with Crippen molar-refractivity contribution in [3.05, 3.63) is 29.8 Å². The lowest BCUT2D eigenvalue weighted by atomic mass is 9.53. The van der Waals surface area contributed by atoms with Crippen LogP contribution in [-0.2, 0) is 9.47 Å². The SMILES string of the molecule is CCCOc1ccc(C2OC3(C)OC(=N)C(C#N)(C3CCC)C2(C#N)C#N)cc1. The summed E-state index contributed by atoms with van der Waals surface area (Å²) < 4.78 is 17.6. The second kappa shape index (κ2) is 7.39. The Morgan fingerprint density at radius 1 is 1.07 bits per heavy atom. The number of nitrogens with one attached hydrogen (secondary N) is 1. The van der Waals surface area contributed by atoms with Gasteiger partial charge in [-0.25, -0.2) is 0 Å². The summed E-state index contributed by atoms with van der Waals surface area (Å²) >= 11 is 0. The normalized spacial score (nSPS) is 31.8. The van der Waals surface area contributed by atoms with Crippen LogP contribution in [0, 0.1) is 56.2 Å². The summed E-state index contributed by atoms with van der Waals surface area (Å²) in [6.07, 6.45) is 1.03. The average molecular weight is 392 g/mol. The van der Waals surface area contributed by atoms with E-state index in [0.717, 1.165) is 6.42 Å². The van der Waals surface area contributed by atoms with Gasteiger partial charge in [0.1, 0.15) is 11.9 Å². The molecule has 7 heteroatoms. The molecule has 0 aliphatic carbocycles. The largest absolute Gasteiger partial charge is 0.494 e. The Hall–Kier alpha value is -3.08. The maximum absolute atomic E-state index is 10.2. The van der Waals surface area contributed by atoms with E-state index < -0.39 is 28.6 Å². The standard InChI is InChI=1S/C22H24N4O3/c1-4-6-17-20(3)28-18(15-7-9-16(10-8-15)27-11-5-2)21(12-23,13-24)22(17,14-25)19(26)29-20/h7-10,17-18,26H,4-6,11H2,1-3H3. The molecule has 0 saturated carbocycles. The summed E-state index contributed by atoms with van der Waals surface area (Å²) in [4.78, 5) is 0. The number of nitriles is 3. The van der Waals surface area contributed by atoms with E-state index in [-0.39, 0.29) is 5.90 Å². The van der Waals surface area contributed by atoms with Gasteiger partial charge in [-0.1, -0.05) is 32.4 Å². The summed E-state index contributed by atoms with van der Waals surface area (Å²) in [6.45, 7) is 6.22. The number of hydrogen-bond donors (Lipinski definition) is 1. The van der Waals surface area contributed by atoms with Gasteiger partial charge in [-0.3, -0.25) is 5.41 Å². The third-order valence-electron chi connectivity index (χ3n) is 5.95. The Bertz CT molecular complexity index is 909. The monoisotopic (exact) mass is 392 g/mol. The van der Waals surface area contributed by atoms with Crippen LogP contribution in [0.2, 0.25) is 0 Å². The minimum Gasteiger partial charge on any atom is -0.494 e. The van der Waals surface area contributed by atoms with E-state index in [1.165, 1.54) is 0 Å². The second-order valence-electron chi connectivity index (χ2n) is 7.66. The Morgan fingerprint density at radius 2 is 1.72 bits per heavy atom. The maximum atomic E-state index is 10.2. The predicted octanol–water partition coefficient (Wildman–Crippen LogP) is 4.23. The lowest BCUT2D eigenvalue weighted by Gasteiger charge is -2.48. The first-order valence-electron chi connectivity index (χ1n) is 9.81. The van der Waals surface area contributed by atoms with Gasteiger partial charge in [0.15, 0.2) is 5.41 Å². The minimum atomic E-state index is -1.92. The van der Waals surface area contributed by atoms with Crippen molar-refractivity contribution < 1.29 is 14.2 Å². The highest BCUT2D eigenvalue weighted by Gasteiger charge is 2.78. The zero-order valence-corrected chi connectivity index (χ0v) is 16.9. The fraction of sp³-hybridized carbons (Fsp3) is 0.545. The molecule has 0 aromatic heterocycles. The first-order valence-corrected chi connectivity index (χ1v) is 9.81. The highest BCUT2D eigenvalue weighted by molar-refractivity contribution is 5.89. The minimum absolute atomic E-state index is 0.366. The van der Waals surface area contributed by atoms with Gasteiger partial charge in [-0.2, -0.15) is 15.8 Å². The van der Waals surface area contributed by atoms with E-state index in [9.17, 15) is 15.8 Å². The van der Waals surface area contributed by atoms with Crippen LogP contribution in [0.25, 0.3) is 0 Å². The molecule has 150 valence electrons. The zero-order valence-electron chi connectivity index (χ0n) is 16.9. The van der Waals surface area contributed by atoms with Crippen LogP contribution in [-0.4, -0.2) is 18.3 Å². The molecule has 0 spiro atoms. The van der Waals surface area contributed by atoms with E-state index in [2.05, 4.69) is 18.2 Å². The quantitative estimate of drug-likeness (QED) is 0.773. The Morgan fingerprint density at radius 3 is 2.24 bits per heavy atom. The molecule has 3 rings (SSSR count). The van der Waals surface area contributed by atoms with Gasteiger partial charge in [0.2, 0.25) is 17.1 Å². The fourth-order valence-electron chi connectivity index (χ4n) is 4.57. The summed E-state index contributed by atoms with van der Waals surface area (Å²) in [6, 6.07) is 13.2. The molecule has 2 heterocycles. The van der Waals surface area contributed by atoms with Crippen LogP contribution in [0.15, 0.2) is 24.3 Å². The second-order valence-corrected chi connectivity index (χ2v) is 7.66. The van der Waals surface area contributed by atoms with Gasteiger partial charge in [0.05, 0.1) is 30.7 Å². The van der Waals surface area contributed by atoms with Crippen LogP contribution in [0.5, 0.6) is 5.75 Å². The lowest BCUT2D eigenvalue weighted by Crippen LogP contribution is -2.58. The third kappa shape index (κ3) is 2.68. The molecule has 4 atom stereocenters. The molecule has 2 bridgehead atoms. The predicted molar refractivity (Wildman–Crippen MR) is 103 cm³/mol. The van der Waals surface area contributed by atoms with Crippen molar-refractivity contribution in [2.75, 3.05) is 6.61 Å². The van der Waals surface area contributed by atoms with E-state index >= 15 is 0 Å². The van der Waals surface area contributed by atoms with Crippen molar-refractivity contribution in [3.63, 3.8) is 0 Å². The Balaban J connectivity index is 2.15. The summed E-state index contributed by atoms with van der Waals surface area (Å²) in [5.74, 6) is -1.56. The molecule has 0 radical (unpaired) electrons. The van der Waals surface area contributed by atoms with Gasteiger partial charge in [-0.05, 0) is 30.5 Å². The average Bonchev–Trinajstić information content (AvgIpc) is 2.89. The zero-order chi connectivity index (χ0) is 21.3. The van der Waals surface area contributed by atoms with E-state index in [0.29, 0.717) is 30.8 Å². The number of benzene rings is 1. The van der Waals surface area contributed by atoms with Crippen molar-refractivity contribution in [1.82, 2.24) is 0 Å². The number of rotatable bonds is 6. The van der Waals surface area contributed by atoms with Crippen molar-refractivity contribution in [3.8, 4) is 24.0 Å². The summed E-state index contributed by atoms with van der Waals surface area (Å²) in [5.41, 5.74) is -3.06. The third-order valence-corrected chi connectivity index (χ3v) is 5.95. The van der Waals surface area contributed by atoms with E-state index in [4.69, 9.17) is 19.6 Å². The molecule has 2 fully saturated rings. The van der Waals surface area contributed by atoms with Crippen LogP contribution in [0.3, 0.4) is 0 Å². The molecule has 2 aliphatic heterocycles. The highest BCUT2D eigenvalue weighted by Crippen LogP contribution is 2.67. The molecule has 1 aromatic rings. The number of fused-ring (bicyclic) bond motifs is 2. The molecular weight excluding hydrogens is 368 g/mol. The first kappa shape index (κ1) is 20.6. The molecular formula is C22H24N4O3. The fourth-order valence-corrected chi connectivity index (χ4v) is 4.57.